The molecule has 5 heteroatoms. The Morgan fingerprint density at radius 3 is 2.00 bits per heavy atom. The first-order valence-electron chi connectivity index (χ1n) is 11.9. The topological polar surface area (TPSA) is 54.5 Å². The lowest BCUT2D eigenvalue weighted by molar-refractivity contribution is 0.0978. The van der Waals surface area contributed by atoms with Gasteiger partial charge in [0.15, 0.2) is 5.78 Å². The van der Waals surface area contributed by atoms with Crippen LogP contribution < -0.4 is 4.31 Å². The fourth-order valence-electron chi connectivity index (χ4n) is 4.59. The summed E-state index contributed by atoms with van der Waals surface area (Å²) in [6, 6.07) is 31.4. The lowest BCUT2D eigenvalue weighted by Crippen LogP contribution is -2.33. The van der Waals surface area contributed by atoms with Crippen LogP contribution in [0.4, 0.5) is 5.69 Å². The van der Waals surface area contributed by atoms with Crippen LogP contribution in [0.15, 0.2) is 114 Å². The molecule has 5 rings (SSSR count). The fourth-order valence-corrected chi connectivity index (χ4v) is 6.13. The van der Waals surface area contributed by atoms with E-state index in [0.29, 0.717) is 16.9 Å². The highest BCUT2D eigenvalue weighted by Crippen LogP contribution is 2.44. The average Bonchev–Trinajstić information content (AvgIpc) is 2.89. The number of fused-ring (bicyclic) bond motifs is 1. The van der Waals surface area contributed by atoms with Gasteiger partial charge in [-0.1, -0.05) is 102 Å². The standard InChI is InChI=1S/C31H27NO3S/c1-22-12-16-25(17-13-22)31(33)21-26-20-30(24-8-4-3-5-9-24)32(29-11-7-6-10-28(26)29)36(34,35)27-18-14-23(2)15-19-27/h3-20,26H,21H2,1-2H3/t26-/m0/s1. The van der Waals surface area contributed by atoms with Gasteiger partial charge in [0.1, 0.15) is 0 Å². The molecule has 1 aliphatic rings. The number of rotatable bonds is 6. The highest BCUT2D eigenvalue weighted by Gasteiger charge is 2.36. The summed E-state index contributed by atoms with van der Waals surface area (Å²) in [6.07, 6.45) is 2.17. The number of aryl methyl sites for hydroxylation is 2. The molecule has 0 unspecified atom stereocenters. The van der Waals surface area contributed by atoms with Crippen LogP contribution in [0.1, 0.15) is 45.0 Å². The van der Waals surface area contributed by atoms with Crippen molar-refractivity contribution in [2.75, 3.05) is 4.31 Å². The molecule has 0 amide bonds. The van der Waals surface area contributed by atoms with Gasteiger partial charge in [-0.15, -0.1) is 0 Å². The molecule has 0 saturated heterocycles. The molecular formula is C31H27NO3S. The van der Waals surface area contributed by atoms with Gasteiger partial charge in [0.2, 0.25) is 0 Å². The van der Waals surface area contributed by atoms with E-state index in [1.165, 1.54) is 4.31 Å². The van der Waals surface area contributed by atoms with Crippen LogP contribution in [-0.4, -0.2) is 14.2 Å². The summed E-state index contributed by atoms with van der Waals surface area (Å²) in [5, 5.41) is 0. The minimum atomic E-state index is -3.92. The van der Waals surface area contributed by atoms with Crippen molar-refractivity contribution in [3.8, 4) is 0 Å². The molecule has 0 fully saturated rings. The fraction of sp³-hybridized carbons (Fsp3) is 0.129. The van der Waals surface area contributed by atoms with Crippen molar-refractivity contribution in [3.05, 3.63) is 137 Å². The van der Waals surface area contributed by atoms with Crippen LogP contribution in [0.3, 0.4) is 0 Å². The van der Waals surface area contributed by atoms with Gasteiger partial charge in [0, 0.05) is 17.9 Å². The molecule has 4 nitrogen and oxygen atoms in total. The Labute approximate surface area is 212 Å². The van der Waals surface area contributed by atoms with Gasteiger partial charge in [0.25, 0.3) is 10.0 Å². The van der Waals surface area contributed by atoms with Crippen molar-refractivity contribution in [1.82, 2.24) is 0 Å². The number of anilines is 1. The minimum Gasteiger partial charge on any atom is -0.294 e. The van der Waals surface area contributed by atoms with E-state index in [4.69, 9.17) is 0 Å². The smallest absolute Gasteiger partial charge is 0.268 e. The Morgan fingerprint density at radius 1 is 0.750 bits per heavy atom. The number of hydrogen-bond acceptors (Lipinski definition) is 3. The number of ketones is 1. The van der Waals surface area contributed by atoms with Gasteiger partial charge in [-0.05, 0) is 43.2 Å². The van der Waals surface area contributed by atoms with Crippen LogP contribution in [-0.2, 0) is 10.0 Å². The molecule has 180 valence electrons. The Morgan fingerprint density at radius 2 is 1.33 bits per heavy atom. The van der Waals surface area contributed by atoms with E-state index in [1.807, 2.05) is 98.8 Å². The molecule has 0 aliphatic carbocycles. The highest BCUT2D eigenvalue weighted by atomic mass is 32.2. The number of sulfonamides is 1. The molecule has 0 saturated carbocycles. The van der Waals surface area contributed by atoms with Crippen LogP contribution in [0, 0.1) is 13.8 Å². The van der Waals surface area contributed by atoms with E-state index >= 15 is 0 Å². The SMILES string of the molecule is Cc1ccc(C(=O)C[C@@H]2C=C(c3ccccc3)N(S(=O)(=O)c3ccc(C)cc3)c3ccccc32)cc1. The second kappa shape index (κ2) is 9.59. The van der Waals surface area contributed by atoms with Gasteiger partial charge >= 0.3 is 0 Å². The second-order valence-corrected chi connectivity index (χ2v) is 10.9. The monoisotopic (exact) mass is 493 g/mol. The molecule has 36 heavy (non-hydrogen) atoms. The number of nitrogens with zero attached hydrogens (tertiary/aromatic N) is 1. The number of benzene rings is 4. The molecule has 1 atom stereocenters. The molecule has 1 aliphatic heterocycles. The largest absolute Gasteiger partial charge is 0.294 e. The van der Waals surface area contributed by atoms with E-state index < -0.39 is 10.0 Å². The third-order valence-electron chi connectivity index (χ3n) is 6.54. The number of carbonyl (C=O) groups excluding carboxylic acids is 1. The van der Waals surface area contributed by atoms with Crippen LogP contribution in [0.2, 0.25) is 0 Å². The van der Waals surface area contributed by atoms with Gasteiger partial charge < -0.3 is 0 Å². The molecule has 0 bridgehead atoms. The molecule has 0 spiro atoms. The third-order valence-corrected chi connectivity index (χ3v) is 8.28. The third kappa shape index (κ3) is 4.50. The second-order valence-electron chi connectivity index (χ2n) is 9.16. The summed E-state index contributed by atoms with van der Waals surface area (Å²) in [6.45, 7) is 3.92. The molecule has 1 heterocycles. The van der Waals surface area contributed by atoms with E-state index in [2.05, 4.69) is 0 Å². The van der Waals surface area contributed by atoms with Gasteiger partial charge in [-0.3, -0.25) is 4.79 Å². The lowest BCUT2D eigenvalue weighted by Gasteiger charge is -2.35. The maximum Gasteiger partial charge on any atom is 0.268 e. The van der Waals surface area contributed by atoms with Crippen molar-refractivity contribution in [2.45, 2.75) is 31.1 Å². The van der Waals surface area contributed by atoms with Gasteiger partial charge in [-0.2, -0.15) is 0 Å². The first kappa shape index (κ1) is 23.8. The zero-order chi connectivity index (χ0) is 25.3. The molecule has 4 aromatic carbocycles. The highest BCUT2D eigenvalue weighted by molar-refractivity contribution is 7.93. The summed E-state index contributed by atoms with van der Waals surface area (Å²) in [5.74, 6) is -0.247. The van der Waals surface area contributed by atoms with Crippen molar-refractivity contribution in [3.63, 3.8) is 0 Å². The summed E-state index contributed by atoms with van der Waals surface area (Å²) >= 11 is 0. The number of allylic oxidation sites excluding steroid dienone is 1. The normalized spacial score (nSPS) is 15.2. The van der Waals surface area contributed by atoms with Crippen LogP contribution in [0.5, 0.6) is 0 Å². The van der Waals surface area contributed by atoms with E-state index in [1.54, 1.807) is 24.3 Å². The summed E-state index contributed by atoms with van der Waals surface area (Å²) in [7, 11) is -3.92. The van der Waals surface area contributed by atoms with E-state index in [0.717, 1.165) is 22.3 Å². The Hall–Kier alpha value is -3.96. The summed E-state index contributed by atoms with van der Waals surface area (Å²) in [4.78, 5) is 13.5. The lowest BCUT2D eigenvalue weighted by atomic mass is 9.86. The van der Waals surface area contributed by atoms with Gasteiger partial charge in [-0.25, -0.2) is 12.7 Å². The molecule has 4 aromatic rings. The predicted molar refractivity (Wildman–Crippen MR) is 145 cm³/mol. The van der Waals surface area contributed by atoms with Crippen LogP contribution >= 0.6 is 0 Å². The van der Waals surface area contributed by atoms with Gasteiger partial charge in [0.05, 0.1) is 16.3 Å². The molecule has 0 N–H and O–H groups in total. The molecule has 0 aromatic heterocycles. The van der Waals surface area contributed by atoms with Crippen molar-refractivity contribution in [2.24, 2.45) is 0 Å². The summed E-state index contributed by atoms with van der Waals surface area (Å²) < 4.78 is 29.5. The van der Waals surface area contributed by atoms with Crippen molar-refractivity contribution in [1.29, 1.82) is 0 Å². The Kier molecular flexibility index (Phi) is 6.33. The Balaban J connectivity index is 1.65. The first-order chi connectivity index (χ1) is 17.3. The number of para-hydroxylation sites is 1. The quantitative estimate of drug-likeness (QED) is 0.274. The maximum atomic E-state index is 14.0. The number of carbonyl (C=O) groups is 1. The molecular weight excluding hydrogens is 466 g/mol. The predicted octanol–water partition coefficient (Wildman–Crippen LogP) is 6.91. The van der Waals surface area contributed by atoms with E-state index in [9.17, 15) is 13.2 Å². The van der Waals surface area contributed by atoms with Crippen molar-refractivity contribution >= 4 is 27.2 Å². The average molecular weight is 494 g/mol. The zero-order valence-electron chi connectivity index (χ0n) is 20.3. The summed E-state index contributed by atoms with van der Waals surface area (Å²) in [5.41, 5.74) is 5.45. The van der Waals surface area contributed by atoms with Crippen molar-refractivity contribution < 1.29 is 13.2 Å². The van der Waals surface area contributed by atoms with E-state index in [-0.39, 0.29) is 23.0 Å². The zero-order valence-corrected chi connectivity index (χ0v) is 21.1. The Bertz CT molecular complexity index is 1540. The minimum absolute atomic E-state index is 0.0216. The number of hydrogen-bond donors (Lipinski definition) is 0. The molecule has 0 radical (unpaired) electrons. The number of Topliss-reactive ketones (excluding diaryl/α,β-unsaturated/α-hetero) is 1. The maximum absolute atomic E-state index is 14.0. The van der Waals surface area contributed by atoms with Crippen LogP contribution in [0.25, 0.3) is 5.70 Å². The first-order valence-corrected chi connectivity index (χ1v) is 13.4.